The summed E-state index contributed by atoms with van der Waals surface area (Å²) < 4.78 is 0. The molecule has 52 valence electrons. The molecular formula is C7H14NP. The molecule has 0 aromatic heterocycles. The van der Waals surface area contributed by atoms with E-state index in [1.54, 1.807) is 0 Å². The lowest BCUT2D eigenvalue weighted by Gasteiger charge is -2.15. The molecule has 0 saturated heterocycles. The summed E-state index contributed by atoms with van der Waals surface area (Å²) in [6, 6.07) is 0. The van der Waals surface area contributed by atoms with Gasteiger partial charge in [0.1, 0.15) is 0 Å². The lowest BCUT2D eigenvalue weighted by molar-refractivity contribution is 1.02. The fourth-order valence-electron chi connectivity index (χ4n) is 0.827. The summed E-state index contributed by atoms with van der Waals surface area (Å²) >= 11 is 0. The minimum Gasteiger partial charge on any atom is -0.193 e. The van der Waals surface area contributed by atoms with Gasteiger partial charge in [0.15, 0.2) is 0 Å². The van der Waals surface area contributed by atoms with E-state index in [4.69, 9.17) is 5.26 Å². The van der Waals surface area contributed by atoms with Gasteiger partial charge >= 0.3 is 0 Å². The third-order valence-corrected chi connectivity index (χ3v) is 3.68. The third-order valence-electron chi connectivity index (χ3n) is 1.23. The first-order valence-corrected chi connectivity index (χ1v) is 4.75. The van der Waals surface area contributed by atoms with Crippen LogP contribution in [-0.2, 0) is 0 Å². The van der Waals surface area contributed by atoms with E-state index in [0.29, 0.717) is 11.3 Å². The molecule has 0 unspecified atom stereocenters. The summed E-state index contributed by atoms with van der Waals surface area (Å²) in [4.78, 5) is 0. The molecule has 2 heteroatoms. The van der Waals surface area contributed by atoms with Gasteiger partial charge in [-0.05, 0) is 11.3 Å². The van der Waals surface area contributed by atoms with Gasteiger partial charge in [-0.15, -0.1) is 0 Å². The summed E-state index contributed by atoms with van der Waals surface area (Å²) in [5.41, 5.74) is 1.12. The van der Waals surface area contributed by atoms with Crippen LogP contribution in [0.1, 0.15) is 27.7 Å². The predicted molar refractivity (Wildman–Crippen MR) is 42.8 cm³/mol. The Morgan fingerprint density at radius 2 is 1.44 bits per heavy atom. The summed E-state index contributed by atoms with van der Waals surface area (Å²) in [5.74, 6) is 2.37. The van der Waals surface area contributed by atoms with Crippen molar-refractivity contribution in [2.75, 3.05) is 0 Å². The maximum absolute atomic E-state index is 8.65. The maximum atomic E-state index is 8.65. The molecule has 9 heavy (non-hydrogen) atoms. The lowest BCUT2D eigenvalue weighted by Crippen LogP contribution is -2.00. The molecule has 1 nitrogen and oxygen atoms in total. The van der Waals surface area contributed by atoms with Crippen LogP contribution in [0.4, 0.5) is 0 Å². The SMILES string of the molecule is CC(C)P(C#N)C(C)C. The lowest BCUT2D eigenvalue weighted by atomic mass is 10.5. The van der Waals surface area contributed by atoms with E-state index in [2.05, 4.69) is 33.5 Å². The highest BCUT2D eigenvalue weighted by molar-refractivity contribution is 7.63. The molecule has 0 atom stereocenters. The second kappa shape index (κ2) is 3.85. The average molecular weight is 143 g/mol. The van der Waals surface area contributed by atoms with Crippen molar-refractivity contribution in [3.8, 4) is 5.81 Å². The van der Waals surface area contributed by atoms with Crippen LogP contribution >= 0.6 is 7.92 Å². The zero-order valence-electron chi connectivity index (χ0n) is 6.55. The fraction of sp³-hybridized carbons (Fsp3) is 0.857. The van der Waals surface area contributed by atoms with E-state index in [0.717, 1.165) is 0 Å². The third kappa shape index (κ3) is 2.82. The molecule has 0 N–H and O–H groups in total. The molecule has 0 aliphatic carbocycles. The first-order valence-electron chi connectivity index (χ1n) is 3.27. The van der Waals surface area contributed by atoms with Gasteiger partial charge in [0.05, 0.1) is 5.81 Å². The Balaban J connectivity index is 3.87. The Kier molecular flexibility index (Phi) is 3.82. The molecule has 0 saturated carbocycles. The quantitative estimate of drug-likeness (QED) is 0.545. The first kappa shape index (κ1) is 8.92. The van der Waals surface area contributed by atoms with Gasteiger partial charge in [0.25, 0.3) is 0 Å². The van der Waals surface area contributed by atoms with Crippen molar-refractivity contribution in [1.29, 1.82) is 5.26 Å². The van der Waals surface area contributed by atoms with E-state index < -0.39 is 0 Å². The highest BCUT2D eigenvalue weighted by atomic mass is 31.1. The van der Waals surface area contributed by atoms with Crippen LogP contribution in [0, 0.1) is 11.1 Å². The molecule has 0 aromatic rings. The Hall–Kier alpha value is -0.0800. The highest BCUT2D eigenvalue weighted by Crippen LogP contribution is 2.44. The van der Waals surface area contributed by atoms with Crippen LogP contribution in [-0.4, -0.2) is 11.3 Å². The van der Waals surface area contributed by atoms with Crippen LogP contribution in [0.15, 0.2) is 0 Å². The van der Waals surface area contributed by atoms with Gasteiger partial charge in [0, 0.05) is 7.92 Å². The maximum Gasteiger partial charge on any atom is 0.0877 e. The highest BCUT2D eigenvalue weighted by Gasteiger charge is 2.14. The number of hydrogen-bond acceptors (Lipinski definition) is 1. The number of rotatable bonds is 2. The van der Waals surface area contributed by atoms with E-state index in [-0.39, 0.29) is 7.92 Å². The van der Waals surface area contributed by atoms with Crippen molar-refractivity contribution < 1.29 is 0 Å². The van der Waals surface area contributed by atoms with Gasteiger partial charge in [-0.2, -0.15) is 5.26 Å². The van der Waals surface area contributed by atoms with E-state index in [1.165, 1.54) is 0 Å². The van der Waals surface area contributed by atoms with Crippen molar-refractivity contribution >= 4 is 7.92 Å². The molecule has 0 aromatic carbocycles. The molecule has 0 bridgehead atoms. The van der Waals surface area contributed by atoms with Crippen molar-refractivity contribution in [1.82, 2.24) is 0 Å². The van der Waals surface area contributed by atoms with Gasteiger partial charge in [-0.1, -0.05) is 27.7 Å². The molecule has 0 radical (unpaired) electrons. The minimum atomic E-state index is -0.371. The van der Waals surface area contributed by atoms with Crippen LogP contribution in [0.25, 0.3) is 0 Å². The second-order valence-electron chi connectivity index (χ2n) is 2.69. The number of hydrogen-bond donors (Lipinski definition) is 0. The van der Waals surface area contributed by atoms with Crippen molar-refractivity contribution in [2.24, 2.45) is 0 Å². The molecule has 0 aliphatic rings. The molecular weight excluding hydrogens is 129 g/mol. The van der Waals surface area contributed by atoms with Crippen molar-refractivity contribution in [2.45, 2.75) is 39.0 Å². The topological polar surface area (TPSA) is 23.8 Å². The number of nitrogens with zero attached hydrogens (tertiary/aromatic N) is 1. The van der Waals surface area contributed by atoms with Crippen molar-refractivity contribution in [3.63, 3.8) is 0 Å². The smallest absolute Gasteiger partial charge is 0.0877 e. The summed E-state index contributed by atoms with van der Waals surface area (Å²) in [6.07, 6.45) is 0. The van der Waals surface area contributed by atoms with E-state index in [9.17, 15) is 0 Å². The van der Waals surface area contributed by atoms with E-state index >= 15 is 0 Å². The summed E-state index contributed by atoms with van der Waals surface area (Å²) in [6.45, 7) is 8.48. The molecule has 0 spiro atoms. The largest absolute Gasteiger partial charge is 0.193 e. The molecule has 0 fully saturated rings. The number of nitriles is 1. The monoisotopic (exact) mass is 143 g/mol. The van der Waals surface area contributed by atoms with Gasteiger partial charge in [-0.3, -0.25) is 0 Å². The first-order chi connectivity index (χ1) is 4.09. The normalized spacial score (nSPS) is 10.9. The van der Waals surface area contributed by atoms with Gasteiger partial charge in [0.2, 0.25) is 0 Å². The Bertz CT molecular complexity index is 105. The Morgan fingerprint density at radius 3 is 1.44 bits per heavy atom. The van der Waals surface area contributed by atoms with Crippen LogP contribution in [0.3, 0.4) is 0 Å². The molecule has 0 aliphatic heterocycles. The summed E-state index contributed by atoms with van der Waals surface area (Å²) in [5, 5.41) is 8.65. The second-order valence-corrected chi connectivity index (χ2v) is 5.77. The van der Waals surface area contributed by atoms with Gasteiger partial charge in [-0.25, -0.2) is 0 Å². The van der Waals surface area contributed by atoms with E-state index in [1.807, 2.05) is 0 Å². The summed E-state index contributed by atoms with van der Waals surface area (Å²) in [7, 11) is -0.371. The minimum absolute atomic E-state index is 0.371. The molecule has 0 heterocycles. The zero-order valence-corrected chi connectivity index (χ0v) is 7.44. The Morgan fingerprint density at radius 1 is 1.11 bits per heavy atom. The Labute approximate surface area is 58.8 Å². The average Bonchev–Trinajstić information content (AvgIpc) is 1.64. The van der Waals surface area contributed by atoms with Crippen LogP contribution in [0.5, 0.6) is 0 Å². The zero-order chi connectivity index (χ0) is 7.44. The standard InChI is InChI=1S/C7H14NP/c1-6(2)9(5-8)7(3)4/h6-7H,1-4H3. The van der Waals surface area contributed by atoms with Gasteiger partial charge < -0.3 is 0 Å². The van der Waals surface area contributed by atoms with Crippen molar-refractivity contribution in [3.05, 3.63) is 0 Å². The fourth-order valence-corrected chi connectivity index (χ4v) is 2.48. The predicted octanol–water partition coefficient (Wildman–Crippen LogP) is 2.77. The molecule has 0 amide bonds. The van der Waals surface area contributed by atoms with Crippen LogP contribution in [0.2, 0.25) is 0 Å². The van der Waals surface area contributed by atoms with Crippen LogP contribution < -0.4 is 0 Å². The molecule has 0 rings (SSSR count).